The number of nitrogens with two attached hydrogens (primary N) is 2. The van der Waals surface area contributed by atoms with Gasteiger partial charge >= 0.3 is 0 Å². The minimum atomic E-state index is -0.0377. The number of carbonyl (C=O) groups is 1. The van der Waals surface area contributed by atoms with E-state index in [1.807, 2.05) is 0 Å². The van der Waals surface area contributed by atoms with E-state index in [9.17, 15) is 4.79 Å². The molecule has 0 rings (SSSR count). The average Bonchev–Trinajstić information content (AvgIpc) is 3.15. The van der Waals surface area contributed by atoms with Crippen molar-refractivity contribution in [2.24, 2.45) is 11.5 Å². The number of nitrogens with one attached hydrogen (secondary N) is 1. The Balaban J connectivity index is -0.00000531. The molecular weight excluding hydrogens is 662 g/mol. The SMILES string of the molecule is C#CCOCCOCCOCCOCCOCCOCCOCCOCCOCCOCCOCCOCCOCCC(=O)NC.CN.CN. The van der Waals surface area contributed by atoms with Crippen LogP contribution in [-0.2, 0) is 66.4 Å². The molecule has 50 heavy (non-hydrogen) atoms. The number of hydrogen-bond acceptors (Lipinski definition) is 16. The molecule has 1 amide bonds. The Labute approximate surface area is 300 Å². The standard InChI is InChI=1S/C31H59NO14.2CH5N/c1-3-5-34-7-9-36-11-13-38-15-17-40-19-21-42-23-25-44-27-29-46-30-28-45-26-24-43-22-20-41-18-16-39-14-12-37-10-8-35-6-4-31(33)32-2;2*1-2/h1H,4-30H2,2H3,(H,32,33);2*2H2,1H3. The maximum absolute atomic E-state index is 11.0. The van der Waals surface area contributed by atoms with Gasteiger partial charge in [0.1, 0.15) is 6.61 Å². The second-order valence-electron chi connectivity index (χ2n) is 9.03. The lowest BCUT2D eigenvalue weighted by Gasteiger charge is -2.09. The van der Waals surface area contributed by atoms with Crippen LogP contribution in [0.5, 0.6) is 0 Å². The summed E-state index contributed by atoms with van der Waals surface area (Å²) in [6.45, 7) is 12.6. The smallest absolute Gasteiger partial charge is 0.222 e. The lowest BCUT2D eigenvalue weighted by molar-refractivity contribution is -0.121. The van der Waals surface area contributed by atoms with Crippen molar-refractivity contribution in [1.29, 1.82) is 0 Å². The molecule has 0 bridgehead atoms. The summed E-state index contributed by atoms with van der Waals surface area (Å²) < 4.78 is 70.1. The van der Waals surface area contributed by atoms with Gasteiger partial charge in [-0.1, -0.05) is 5.92 Å². The third-order valence-electron chi connectivity index (χ3n) is 5.40. The molecule has 0 aromatic heterocycles. The molecule has 0 radical (unpaired) electrons. The van der Waals surface area contributed by atoms with Crippen molar-refractivity contribution >= 4 is 5.91 Å². The number of hydrogen-bond donors (Lipinski definition) is 3. The molecular formula is C33H69N3O14. The molecule has 17 heteroatoms. The van der Waals surface area contributed by atoms with Crippen LogP contribution in [0.2, 0.25) is 0 Å². The molecule has 5 N–H and O–H groups in total. The second-order valence-corrected chi connectivity index (χ2v) is 9.03. The zero-order valence-electron chi connectivity index (χ0n) is 31.0. The highest BCUT2D eigenvalue weighted by molar-refractivity contribution is 5.75. The van der Waals surface area contributed by atoms with Gasteiger partial charge in [-0.3, -0.25) is 4.79 Å². The Morgan fingerprint density at radius 2 is 0.580 bits per heavy atom. The lowest BCUT2D eigenvalue weighted by Crippen LogP contribution is -2.20. The van der Waals surface area contributed by atoms with Crippen molar-refractivity contribution in [2.75, 3.05) is 193 Å². The molecule has 0 heterocycles. The molecule has 17 nitrogen and oxygen atoms in total. The zero-order valence-corrected chi connectivity index (χ0v) is 31.0. The minimum absolute atomic E-state index is 0.0377. The highest BCUT2D eigenvalue weighted by Crippen LogP contribution is 1.88. The molecule has 0 saturated carbocycles. The third-order valence-corrected chi connectivity index (χ3v) is 5.40. The molecule has 300 valence electrons. The number of amides is 1. The number of terminal acetylenes is 1. The highest BCUT2D eigenvalue weighted by Gasteiger charge is 1.98. The van der Waals surface area contributed by atoms with Gasteiger partial charge in [0.15, 0.2) is 0 Å². The van der Waals surface area contributed by atoms with Gasteiger partial charge in [-0.2, -0.15) is 0 Å². The monoisotopic (exact) mass is 731 g/mol. The predicted molar refractivity (Wildman–Crippen MR) is 188 cm³/mol. The predicted octanol–water partition coefficient (Wildman–Crippen LogP) is -0.879. The largest absolute Gasteiger partial charge is 0.379 e. The topological polar surface area (TPSA) is 201 Å². The molecule has 0 aliphatic carbocycles. The van der Waals surface area contributed by atoms with E-state index < -0.39 is 0 Å². The first-order chi connectivity index (χ1) is 24.8. The van der Waals surface area contributed by atoms with Crippen LogP contribution in [0, 0.1) is 12.3 Å². The quantitative estimate of drug-likeness (QED) is 0.0518. The molecule has 0 aromatic rings. The summed E-state index contributed by atoms with van der Waals surface area (Å²) >= 11 is 0. The maximum atomic E-state index is 11.0. The highest BCUT2D eigenvalue weighted by atomic mass is 16.6. The van der Waals surface area contributed by atoms with Crippen LogP contribution in [0.1, 0.15) is 6.42 Å². The Morgan fingerprint density at radius 1 is 0.400 bits per heavy atom. The van der Waals surface area contributed by atoms with Gasteiger partial charge in [0.25, 0.3) is 0 Å². The van der Waals surface area contributed by atoms with Crippen molar-refractivity contribution in [2.45, 2.75) is 6.42 Å². The van der Waals surface area contributed by atoms with E-state index in [1.165, 1.54) is 14.1 Å². The van der Waals surface area contributed by atoms with Crippen LogP contribution in [0.15, 0.2) is 0 Å². The van der Waals surface area contributed by atoms with Crippen molar-refractivity contribution in [3.05, 3.63) is 0 Å². The molecule has 0 aliphatic rings. The van der Waals surface area contributed by atoms with E-state index in [0.717, 1.165) is 0 Å². The Hall–Kier alpha value is -1.57. The van der Waals surface area contributed by atoms with Crippen molar-refractivity contribution in [3.8, 4) is 12.3 Å². The first kappa shape index (κ1) is 52.8. The molecule has 0 atom stereocenters. The molecule has 0 spiro atoms. The lowest BCUT2D eigenvalue weighted by atomic mass is 10.4. The summed E-state index contributed by atoms with van der Waals surface area (Å²) in [5.41, 5.74) is 9.00. The molecule has 0 saturated heterocycles. The second kappa shape index (κ2) is 54.2. The van der Waals surface area contributed by atoms with E-state index in [4.69, 9.17) is 68.0 Å². The summed E-state index contributed by atoms with van der Waals surface area (Å²) in [6.07, 6.45) is 5.43. The van der Waals surface area contributed by atoms with Gasteiger partial charge in [0, 0.05) is 13.5 Å². The van der Waals surface area contributed by atoms with Crippen LogP contribution < -0.4 is 16.8 Å². The summed E-state index contributed by atoms with van der Waals surface area (Å²) in [5, 5.41) is 2.54. The molecule has 0 fully saturated rings. The van der Waals surface area contributed by atoms with Crippen LogP contribution >= 0.6 is 0 Å². The van der Waals surface area contributed by atoms with E-state index in [-0.39, 0.29) is 5.91 Å². The Kier molecular flexibility index (Phi) is 57.2. The van der Waals surface area contributed by atoms with Crippen molar-refractivity contribution < 1.29 is 66.4 Å². The zero-order chi connectivity index (χ0) is 37.3. The Bertz CT molecular complexity index is 651. The fourth-order valence-corrected chi connectivity index (χ4v) is 3.06. The average molecular weight is 732 g/mol. The van der Waals surface area contributed by atoms with Crippen LogP contribution in [0.4, 0.5) is 0 Å². The number of rotatable bonds is 40. The van der Waals surface area contributed by atoms with Gasteiger partial charge < -0.3 is 78.4 Å². The summed E-state index contributed by atoms with van der Waals surface area (Å²) in [6, 6.07) is 0. The van der Waals surface area contributed by atoms with E-state index in [1.54, 1.807) is 7.05 Å². The number of carbonyl (C=O) groups excluding carboxylic acids is 1. The summed E-state index contributed by atoms with van der Waals surface area (Å²) in [4.78, 5) is 11.0. The Morgan fingerprint density at radius 3 is 0.760 bits per heavy atom. The first-order valence-corrected chi connectivity index (χ1v) is 17.1. The minimum Gasteiger partial charge on any atom is -0.379 e. The van der Waals surface area contributed by atoms with Crippen molar-refractivity contribution in [3.63, 3.8) is 0 Å². The van der Waals surface area contributed by atoms with Crippen LogP contribution in [0.25, 0.3) is 0 Å². The van der Waals surface area contributed by atoms with Gasteiger partial charge in [-0.05, 0) is 14.1 Å². The summed E-state index contributed by atoms with van der Waals surface area (Å²) in [7, 11) is 4.60. The van der Waals surface area contributed by atoms with E-state index >= 15 is 0 Å². The molecule has 0 unspecified atom stereocenters. The van der Waals surface area contributed by atoms with Crippen LogP contribution in [0.3, 0.4) is 0 Å². The van der Waals surface area contributed by atoms with Gasteiger partial charge in [-0.15, -0.1) is 6.42 Å². The normalized spacial score (nSPS) is 10.6. The fourth-order valence-electron chi connectivity index (χ4n) is 3.06. The molecule has 0 aromatic carbocycles. The van der Waals surface area contributed by atoms with Gasteiger partial charge in [0.05, 0.1) is 165 Å². The van der Waals surface area contributed by atoms with Gasteiger partial charge in [-0.25, -0.2) is 0 Å². The van der Waals surface area contributed by atoms with Crippen molar-refractivity contribution in [1.82, 2.24) is 5.32 Å². The van der Waals surface area contributed by atoms with Gasteiger partial charge in [0.2, 0.25) is 5.91 Å². The first-order valence-electron chi connectivity index (χ1n) is 17.1. The molecule has 0 aliphatic heterocycles. The fraction of sp³-hybridized carbons (Fsp3) is 0.909. The third kappa shape index (κ3) is 53.2. The number of ether oxygens (including phenoxy) is 13. The summed E-state index contributed by atoms with van der Waals surface area (Å²) in [5.74, 6) is 2.36. The maximum Gasteiger partial charge on any atom is 0.222 e. The van der Waals surface area contributed by atoms with E-state index in [0.29, 0.717) is 178 Å². The van der Waals surface area contributed by atoms with Crippen LogP contribution in [-0.4, -0.2) is 199 Å². The van der Waals surface area contributed by atoms with E-state index in [2.05, 4.69) is 22.7 Å².